The van der Waals surface area contributed by atoms with Crippen LogP contribution in [-0.4, -0.2) is 78.8 Å². The van der Waals surface area contributed by atoms with Crippen LogP contribution >= 0.6 is 0 Å². The fourth-order valence-corrected chi connectivity index (χ4v) is 13.1. The van der Waals surface area contributed by atoms with Crippen LogP contribution in [0.2, 0.25) is 12.1 Å². The van der Waals surface area contributed by atoms with Gasteiger partial charge in [-0.05, 0) is 94.0 Å². The number of alkyl halides is 3. The van der Waals surface area contributed by atoms with Crippen molar-refractivity contribution in [3.05, 3.63) is 87.1 Å². The third-order valence-corrected chi connectivity index (χ3v) is 15.4. The first-order valence-electron chi connectivity index (χ1n) is 15.9. The van der Waals surface area contributed by atoms with Gasteiger partial charge in [-0.2, -0.15) is 13.2 Å². The number of halogens is 3. The molecule has 12 heteroatoms. The Morgan fingerprint density at radius 3 is 2.06 bits per heavy atom. The van der Waals surface area contributed by atoms with Gasteiger partial charge < -0.3 is 25.0 Å². The number of carboxylic acids is 3. The lowest BCUT2D eigenvalue weighted by Gasteiger charge is -2.45. The standard InChI is InChI=1S/C33H34N2O4Si.C2HF3O2/c1-21-17-28(33(38)39)27(20-26(21)32(36)37)31-24-9-7-22(34-11-5-12-34)18-29(24)40(15-3-2-4-16-40)30-19-23(8-10-25(30)31)35-13-6-14-35;3-2(4,5)1(6)7/h7-10,17-20H,2-6,11-16H2,1H3,(H-,36,37,38,39);(H,6,7). The van der Waals surface area contributed by atoms with Crippen molar-refractivity contribution in [3.63, 3.8) is 0 Å². The number of aliphatic carboxylic acids is 1. The predicted molar refractivity (Wildman–Crippen MR) is 171 cm³/mol. The summed E-state index contributed by atoms with van der Waals surface area (Å²) < 4.78 is 34.0. The summed E-state index contributed by atoms with van der Waals surface area (Å²) in [5.74, 6) is -5.07. The Bertz CT molecular complexity index is 1810. The quantitative estimate of drug-likeness (QED) is 0.366. The molecule has 8 nitrogen and oxygen atoms in total. The van der Waals surface area contributed by atoms with E-state index in [4.69, 9.17) is 9.90 Å². The van der Waals surface area contributed by atoms with Gasteiger partial charge in [0.25, 0.3) is 0 Å². The summed E-state index contributed by atoms with van der Waals surface area (Å²) >= 11 is 0. The Hall–Kier alpha value is -4.45. The van der Waals surface area contributed by atoms with E-state index in [9.17, 15) is 33.0 Å². The topological polar surface area (TPSA) is 121 Å². The number of anilines is 1. The molecule has 0 aromatic heterocycles. The van der Waals surface area contributed by atoms with Crippen molar-refractivity contribution in [1.82, 2.24) is 0 Å². The van der Waals surface area contributed by atoms with E-state index in [-0.39, 0.29) is 11.1 Å². The monoisotopic (exact) mass is 664 g/mol. The summed E-state index contributed by atoms with van der Waals surface area (Å²) in [4.78, 5) is 36.1. The Morgan fingerprint density at radius 1 is 0.872 bits per heavy atom. The second-order valence-electron chi connectivity index (χ2n) is 12.8. The second-order valence-corrected chi connectivity index (χ2v) is 17.0. The van der Waals surface area contributed by atoms with Gasteiger partial charge >= 0.3 is 18.1 Å². The summed E-state index contributed by atoms with van der Waals surface area (Å²) in [6.07, 6.45) is 7.75. The zero-order valence-electron chi connectivity index (χ0n) is 26.0. The van der Waals surface area contributed by atoms with Gasteiger partial charge in [0, 0.05) is 30.9 Å². The van der Waals surface area contributed by atoms with Gasteiger partial charge in [0.15, 0.2) is 5.71 Å². The highest BCUT2D eigenvalue weighted by atomic mass is 28.3. The Labute approximate surface area is 270 Å². The zero-order valence-corrected chi connectivity index (χ0v) is 27.0. The highest BCUT2D eigenvalue weighted by Gasteiger charge is 2.48. The smallest absolute Gasteiger partial charge is 0.430 e. The molecule has 0 radical (unpaired) electrons. The molecule has 3 fully saturated rings. The molecule has 0 amide bonds. The first-order valence-corrected chi connectivity index (χ1v) is 18.3. The molecule has 2 N–H and O–H groups in total. The number of hydrogen-bond acceptors (Lipinski definition) is 5. The molecule has 47 heavy (non-hydrogen) atoms. The van der Waals surface area contributed by atoms with E-state index in [2.05, 4.69) is 45.9 Å². The Morgan fingerprint density at radius 2 is 1.53 bits per heavy atom. The van der Waals surface area contributed by atoms with Crippen molar-refractivity contribution >= 4 is 48.1 Å². The molecule has 2 aromatic carbocycles. The molecule has 0 bridgehead atoms. The van der Waals surface area contributed by atoms with E-state index in [1.807, 2.05) is 0 Å². The number of fused-ring (bicyclic) bond motifs is 4. The third-order valence-electron chi connectivity index (χ3n) is 10.1. The maximum absolute atomic E-state index is 12.6. The molecule has 1 aliphatic carbocycles. The number of hydrogen-bond donors (Lipinski definition) is 2. The number of allylic oxidation sites excluding steroid dienone is 5. The van der Waals surface area contributed by atoms with Gasteiger partial charge in [0.05, 0.1) is 17.5 Å². The van der Waals surface area contributed by atoms with Crippen molar-refractivity contribution < 1.29 is 47.4 Å². The van der Waals surface area contributed by atoms with Crippen LogP contribution in [0.5, 0.6) is 0 Å². The normalized spacial score (nSPS) is 19.5. The van der Waals surface area contributed by atoms with Crippen LogP contribution in [0.3, 0.4) is 0 Å². The predicted octanol–water partition coefficient (Wildman–Crippen LogP) is 4.45. The SMILES string of the molecule is Cc1cc(C(=O)O)c(C2=C3C=CC(=[N+]4CCC4)C=C3[Si]3(CCCCC3)c3cc(N4CCC4)ccc32)cc1C(=O)O.O=C([O-])C(F)(F)F. The molecule has 0 saturated carbocycles. The molecule has 4 heterocycles. The Balaban J connectivity index is 0.000000499. The summed E-state index contributed by atoms with van der Waals surface area (Å²) in [6, 6.07) is 12.4. The lowest BCUT2D eigenvalue weighted by molar-refractivity contribution is -0.582. The first kappa shape index (κ1) is 32.5. The molecule has 2 aromatic rings. The summed E-state index contributed by atoms with van der Waals surface area (Å²) in [7, 11) is -2.15. The second kappa shape index (κ2) is 12.3. The van der Waals surface area contributed by atoms with Crippen molar-refractivity contribution in [2.24, 2.45) is 0 Å². The molecule has 0 atom stereocenters. The molecule has 1 spiro atoms. The van der Waals surface area contributed by atoms with Crippen molar-refractivity contribution in [1.29, 1.82) is 0 Å². The highest BCUT2D eigenvalue weighted by Crippen LogP contribution is 2.48. The molecular formula is C35H35F3N2O6Si. The van der Waals surface area contributed by atoms with Crippen LogP contribution < -0.4 is 15.2 Å². The highest BCUT2D eigenvalue weighted by molar-refractivity contribution is 7.00. The largest absolute Gasteiger partial charge is 0.542 e. The van der Waals surface area contributed by atoms with Crippen molar-refractivity contribution in [2.45, 2.75) is 57.3 Å². The summed E-state index contributed by atoms with van der Waals surface area (Å²) in [6.45, 7) is 5.96. The van der Waals surface area contributed by atoms with Crippen LogP contribution in [0.15, 0.2) is 59.3 Å². The number of aryl methyl sites for hydroxylation is 1. The fraction of sp³-hybridized carbons (Fsp3) is 0.371. The van der Waals surface area contributed by atoms with E-state index < -0.39 is 32.2 Å². The minimum atomic E-state index is -5.19. The van der Waals surface area contributed by atoms with Crippen LogP contribution in [0.4, 0.5) is 18.9 Å². The minimum Gasteiger partial charge on any atom is -0.542 e. The van der Waals surface area contributed by atoms with E-state index >= 15 is 0 Å². The molecule has 5 aliphatic rings. The van der Waals surface area contributed by atoms with E-state index in [0.29, 0.717) is 11.1 Å². The van der Waals surface area contributed by atoms with E-state index in [1.165, 1.54) is 66.0 Å². The third kappa shape index (κ3) is 5.83. The zero-order chi connectivity index (χ0) is 33.7. The number of aromatic carboxylic acids is 2. The van der Waals surface area contributed by atoms with Crippen LogP contribution in [0.25, 0.3) is 5.57 Å². The minimum absolute atomic E-state index is 0.153. The van der Waals surface area contributed by atoms with Crippen molar-refractivity contribution in [3.8, 4) is 0 Å². The van der Waals surface area contributed by atoms with Gasteiger partial charge in [0.1, 0.15) is 27.1 Å². The molecule has 0 unspecified atom stereocenters. The molecule has 7 rings (SSSR count). The van der Waals surface area contributed by atoms with Crippen molar-refractivity contribution in [2.75, 3.05) is 31.1 Å². The van der Waals surface area contributed by atoms with Gasteiger partial charge in [0.2, 0.25) is 0 Å². The average Bonchev–Trinajstić information content (AvgIpc) is 2.96. The number of carbonyl (C=O) groups excluding carboxylic acids is 1. The lowest BCUT2D eigenvalue weighted by Crippen LogP contribution is -2.56. The van der Waals surface area contributed by atoms with E-state index in [1.54, 1.807) is 19.1 Å². The lowest BCUT2D eigenvalue weighted by atomic mass is 9.85. The number of rotatable bonds is 4. The Kier molecular flexibility index (Phi) is 8.50. The summed E-state index contributed by atoms with van der Waals surface area (Å²) in [5, 5.41) is 32.0. The number of nitrogens with zero attached hydrogens (tertiary/aromatic N) is 2. The average molecular weight is 665 g/mol. The maximum atomic E-state index is 12.6. The molecular weight excluding hydrogens is 629 g/mol. The van der Waals surface area contributed by atoms with Gasteiger partial charge in [-0.1, -0.05) is 25.3 Å². The number of carbonyl (C=O) groups is 3. The van der Waals surface area contributed by atoms with Gasteiger partial charge in [-0.15, -0.1) is 0 Å². The molecule has 3 saturated heterocycles. The number of carboxylic acid groups (broad SMARTS) is 3. The van der Waals surface area contributed by atoms with Crippen LogP contribution in [0.1, 0.15) is 69.5 Å². The van der Waals surface area contributed by atoms with Crippen LogP contribution in [0, 0.1) is 6.92 Å². The first-order chi connectivity index (χ1) is 22.3. The number of benzene rings is 2. The van der Waals surface area contributed by atoms with E-state index in [0.717, 1.165) is 42.9 Å². The maximum Gasteiger partial charge on any atom is 0.430 e. The van der Waals surface area contributed by atoms with Gasteiger partial charge in [-0.25, -0.2) is 14.2 Å². The summed E-state index contributed by atoms with van der Waals surface area (Å²) in [5.41, 5.74) is 6.88. The fourth-order valence-electron chi connectivity index (χ4n) is 7.43. The molecule has 246 valence electrons. The van der Waals surface area contributed by atoms with Crippen LogP contribution in [-0.2, 0) is 4.79 Å². The molecule has 4 aliphatic heterocycles. The van der Waals surface area contributed by atoms with Gasteiger partial charge in [-0.3, -0.25) is 0 Å².